The van der Waals surface area contributed by atoms with Gasteiger partial charge in [0.25, 0.3) is 0 Å². The van der Waals surface area contributed by atoms with Crippen molar-refractivity contribution in [2.45, 2.75) is 37.5 Å². The molecule has 0 amide bonds. The second-order valence-corrected chi connectivity index (χ2v) is 15.5. The van der Waals surface area contributed by atoms with Crippen LogP contribution < -0.4 is 0 Å². The van der Waals surface area contributed by atoms with Gasteiger partial charge in [-0.25, -0.2) is 15.0 Å². The molecule has 0 unspecified atom stereocenters. The van der Waals surface area contributed by atoms with E-state index in [0.717, 1.165) is 28.5 Å². The highest BCUT2D eigenvalue weighted by Crippen LogP contribution is 2.69. The van der Waals surface area contributed by atoms with Gasteiger partial charge in [-0.3, -0.25) is 4.98 Å². The van der Waals surface area contributed by atoms with Crippen LogP contribution in [0.3, 0.4) is 0 Å². The number of fused-ring (bicyclic) bond motifs is 3. The van der Waals surface area contributed by atoms with Crippen LogP contribution in [0, 0.1) is 23.7 Å². The Morgan fingerprint density at radius 2 is 0.865 bits per heavy atom. The summed E-state index contributed by atoms with van der Waals surface area (Å²) in [7, 11) is 0. The third kappa shape index (κ3) is 4.60. The highest BCUT2D eigenvalue weighted by Gasteiger charge is 2.62. The minimum absolute atomic E-state index is 0.0193. The van der Waals surface area contributed by atoms with Crippen LogP contribution in [0.4, 0.5) is 0 Å². The zero-order chi connectivity index (χ0) is 34.2. The first-order valence-electron chi connectivity index (χ1n) is 18.9. The van der Waals surface area contributed by atoms with E-state index >= 15 is 0 Å². The molecule has 0 N–H and O–H groups in total. The monoisotopic (exact) mass is 670 g/mol. The number of rotatable bonds is 5. The Kier molecular flexibility index (Phi) is 6.70. The van der Waals surface area contributed by atoms with Crippen molar-refractivity contribution in [2.24, 2.45) is 23.7 Å². The summed E-state index contributed by atoms with van der Waals surface area (Å²) in [6.07, 6.45) is 8.75. The van der Waals surface area contributed by atoms with Gasteiger partial charge in [-0.2, -0.15) is 0 Å². The minimum atomic E-state index is -0.0193. The molecule has 52 heavy (non-hydrogen) atoms. The number of hydrogen-bond acceptors (Lipinski definition) is 4. The van der Waals surface area contributed by atoms with Crippen molar-refractivity contribution in [1.29, 1.82) is 0 Å². The largest absolute Gasteiger partial charge is 0.260 e. The third-order valence-electron chi connectivity index (χ3n) is 12.8. The fraction of sp³-hybridized carbons (Fsp3) is 0.208. The summed E-state index contributed by atoms with van der Waals surface area (Å²) in [6, 6.07) is 49.6. The van der Waals surface area contributed by atoms with Gasteiger partial charge in [0.05, 0.1) is 5.69 Å². The fourth-order valence-corrected chi connectivity index (χ4v) is 10.7. The summed E-state index contributed by atoms with van der Waals surface area (Å²) in [5.41, 5.74) is 13.1. The maximum Gasteiger partial charge on any atom is 0.164 e. The van der Waals surface area contributed by atoms with Crippen LogP contribution in [0.2, 0.25) is 0 Å². The molecule has 5 aliphatic carbocycles. The van der Waals surface area contributed by atoms with Crippen LogP contribution in [-0.4, -0.2) is 19.9 Å². The topological polar surface area (TPSA) is 51.6 Å². The number of nitrogens with zero attached hydrogens (tertiary/aromatic N) is 4. The second kappa shape index (κ2) is 11.6. The minimum Gasteiger partial charge on any atom is -0.260 e. The predicted molar refractivity (Wildman–Crippen MR) is 208 cm³/mol. The molecule has 250 valence electrons. The molecule has 4 bridgehead atoms. The van der Waals surface area contributed by atoms with Crippen LogP contribution in [0.25, 0.3) is 67.5 Å². The SMILES string of the molecule is c1ccc(-c2ccc(-c3nc(-c4ccc(-c5ccccc5)cc4)nc(-c4ccc5c(c4)C4(c6ncccc6-5)C5CC6CC(C5)CC4C6)n3)cc2)cc1. The molecule has 1 spiro atoms. The molecule has 4 fully saturated rings. The first-order chi connectivity index (χ1) is 25.7. The van der Waals surface area contributed by atoms with Gasteiger partial charge in [-0.15, -0.1) is 0 Å². The van der Waals surface area contributed by atoms with Gasteiger partial charge in [-0.1, -0.05) is 127 Å². The van der Waals surface area contributed by atoms with Gasteiger partial charge in [0, 0.05) is 33.9 Å². The first-order valence-corrected chi connectivity index (χ1v) is 18.9. The molecule has 4 nitrogen and oxygen atoms in total. The molecular weight excluding hydrogens is 633 g/mol. The van der Waals surface area contributed by atoms with Gasteiger partial charge in [0.2, 0.25) is 0 Å². The third-order valence-corrected chi connectivity index (χ3v) is 12.8. The highest BCUT2D eigenvalue weighted by molar-refractivity contribution is 5.83. The first kappa shape index (κ1) is 29.9. The molecule has 2 heterocycles. The van der Waals surface area contributed by atoms with Gasteiger partial charge < -0.3 is 0 Å². The molecule has 5 aliphatic rings. The summed E-state index contributed by atoms with van der Waals surface area (Å²) >= 11 is 0. The van der Waals surface area contributed by atoms with E-state index in [2.05, 4.69) is 140 Å². The predicted octanol–water partition coefficient (Wildman–Crippen LogP) is 11.3. The van der Waals surface area contributed by atoms with Crippen LogP contribution in [0.1, 0.15) is 43.4 Å². The molecule has 7 aromatic rings. The lowest BCUT2D eigenvalue weighted by Crippen LogP contribution is -2.55. The summed E-state index contributed by atoms with van der Waals surface area (Å²) in [5.74, 6) is 5.12. The summed E-state index contributed by atoms with van der Waals surface area (Å²) in [4.78, 5) is 20.8. The Balaban J connectivity index is 1.05. The van der Waals surface area contributed by atoms with Crippen LogP contribution >= 0.6 is 0 Å². The van der Waals surface area contributed by atoms with E-state index in [1.54, 1.807) is 0 Å². The molecule has 0 atom stereocenters. The van der Waals surface area contributed by atoms with Gasteiger partial charge in [0.1, 0.15) is 0 Å². The maximum atomic E-state index is 5.23. The Morgan fingerprint density at radius 3 is 1.40 bits per heavy atom. The van der Waals surface area contributed by atoms with Gasteiger partial charge in [-0.05, 0) is 101 Å². The van der Waals surface area contributed by atoms with E-state index in [4.69, 9.17) is 19.9 Å². The fourth-order valence-electron chi connectivity index (χ4n) is 10.7. The maximum absolute atomic E-state index is 5.23. The van der Waals surface area contributed by atoms with Crippen molar-refractivity contribution in [1.82, 2.24) is 19.9 Å². The van der Waals surface area contributed by atoms with E-state index < -0.39 is 0 Å². The van der Waals surface area contributed by atoms with Crippen molar-refractivity contribution in [3.63, 3.8) is 0 Å². The highest BCUT2D eigenvalue weighted by atomic mass is 15.0. The van der Waals surface area contributed by atoms with E-state index in [1.165, 1.54) is 76.7 Å². The standard InChI is InChI=1S/C48H38N4/c1-3-8-32(9-4-1)34-13-17-36(18-14-34)45-50-46(37-19-15-35(16-20-37)33-10-5-2-6-11-33)52-47(51-45)38-21-22-41-42-12-7-23-49-44(42)48(43(41)29-38)39-25-30-24-31(27-39)28-40(48)26-30/h1-23,29-31,39-40H,24-28H2. The van der Waals surface area contributed by atoms with E-state index in [-0.39, 0.29) is 5.41 Å². The van der Waals surface area contributed by atoms with Crippen LogP contribution in [0.5, 0.6) is 0 Å². The van der Waals surface area contributed by atoms with Crippen LogP contribution in [0.15, 0.2) is 146 Å². The zero-order valence-electron chi connectivity index (χ0n) is 29.0. The average molecular weight is 671 g/mol. The summed E-state index contributed by atoms with van der Waals surface area (Å²) in [6.45, 7) is 0. The van der Waals surface area contributed by atoms with Gasteiger partial charge >= 0.3 is 0 Å². The molecule has 0 saturated heterocycles. The quantitative estimate of drug-likeness (QED) is 0.183. The molecule has 5 aromatic carbocycles. The Bertz CT molecular complexity index is 2320. The normalized spacial score (nSPS) is 23.5. The number of benzene rings is 5. The Labute approximate surface area is 304 Å². The Hall–Kier alpha value is -5.74. The van der Waals surface area contributed by atoms with Gasteiger partial charge in [0.15, 0.2) is 17.5 Å². The van der Waals surface area contributed by atoms with Crippen LogP contribution in [-0.2, 0) is 5.41 Å². The smallest absolute Gasteiger partial charge is 0.164 e. The zero-order valence-corrected chi connectivity index (χ0v) is 29.0. The van der Waals surface area contributed by atoms with E-state index in [9.17, 15) is 0 Å². The number of pyridine rings is 1. The lowest BCUT2D eigenvalue weighted by molar-refractivity contribution is -0.0415. The van der Waals surface area contributed by atoms with E-state index in [1.807, 2.05) is 6.20 Å². The number of aromatic nitrogens is 4. The lowest BCUT2D eigenvalue weighted by Gasteiger charge is -2.60. The van der Waals surface area contributed by atoms with Crippen molar-refractivity contribution in [3.8, 4) is 67.5 Å². The lowest BCUT2D eigenvalue weighted by atomic mass is 9.43. The summed E-state index contributed by atoms with van der Waals surface area (Å²) in [5, 5.41) is 0. The second-order valence-electron chi connectivity index (χ2n) is 15.5. The average Bonchev–Trinajstić information content (AvgIpc) is 3.50. The molecule has 4 saturated carbocycles. The van der Waals surface area contributed by atoms with E-state index in [0.29, 0.717) is 29.3 Å². The Morgan fingerprint density at radius 1 is 0.404 bits per heavy atom. The van der Waals surface area contributed by atoms with Crippen molar-refractivity contribution < 1.29 is 0 Å². The van der Waals surface area contributed by atoms with Crippen molar-refractivity contribution >= 4 is 0 Å². The van der Waals surface area contributed by atoms with Crippen molar-refractivity contribution in [2.75, 3.05) is 0 Å². The summed E-state index contributed by atoms with van der Waals surface area (Å²) < 4.78 is 0. The molecule has 4 heteroatoms. The molecule has 0 radical (unpaired) electrons. The molecular formula is C48H38N4. The molecule has 2 aromatic heterocycles. The number of hydrogen-bond donors (Lipinski definition) is 0. The molecule has 0 aliphatic heterocycles. The van der Waals surface area contributed by atoms with Crippen molar-refractivity contribution in [3.05, 3.63) is 157 Å². The molecule has 12 rings (SSSR count).